The van der Waals surface area contributed by atoms with Crippen molar-refractivity contribution >= 4 is 28.8 Å². The highest BCUT2D eigenvalue weighted by atomic mass is 16.6. The molecule has 4 heterocycles. The lowest BCUT2D eigenvalue weighted by Gasteiger charge is -2.36. The summed E-state index contributed by atoms with van der Waals surface area (Å²) in [6.45, 7) is 7.91. The number of amides is 2. The summed E-state index contributed by atoms with van der Waals surface area (Å²) in [7, 11) is 0. The van der Waals surface area contributed by atoms with Gasteiger partial charge in [0.25, 0.3) is 0 Å². The van der Waals surface area contributed by atoms with Gasteiger partial charge in [-0.05, 0) is 45.2 Å². The van der Waals surface area contributed by atoms with Gasteiger partial charge in [0.1, 0.15) is 29.7 Å². The summed E-state index contributed by atoms with van der Waals surface area (Å²) in [6.07, 6.45) is 2.93. The van der Waals surface area contributed by atoms with Crippen molar-refractivity contribution in [3.63, 3.8) is 0 Å². The quantitative estimate of drug-likeness (QED) is 0.371. The summed E-state index contributed by atoms with van der Waals surface area (Å²) in [4.78, 5) is 44.3. The van der Waals surface area contributed by atoms with Crippen LogP contribution in [0.1, 0.15) is 33.1 Å². The van der Waals surface area contributed by atoms with Gasteiger partial charge in [-0.25, -0.2) is 4.68 Å². The maximum atomic E-state index is 14.3. The first-order valence-electron chi connectivity index (χ1n) is 12.8. The summed E-state index contributed by atoms with van der Waals surface area (Å²) in [6, 6.07) is 6.51. The lowest BCUT2D eigenvalue weighted by atomic mass is 9.66. The number of carbonyl (C=O) groups is 3. The van der Waals surface area contributed by atoms with Crippen molar-refractivity contribution in [3.8, 4) is 0 Å². The third kappa shape index (κ3) is 3.83. The van der Waals surface area contributed by atoms with Crippen LogP contribution in [0.25, 0.3) is 11.0 Å². The van der Waals surface area contributed by atoms with Crippen molar-refractivity contribution in [3.05, 3.63) is 36.9 Å². The van der Waals surface area contributed by atoms with E-state index in [2.05, 4.69) is 16.9 Å². The van der Waals surface area contributed by atoms with Crippen molar-refractivity contribution < 1.29 is 29.0 Å². The van der Waals surface area contributed by atoms with E-state index >= 15 is 0 Å². The highest BCUT2D eigenvalue weighted by Gasteiger charge is 2.78. The molecule has 198 valence electrons. The number of hydrogen-bond donors (Lipinski definition) is 1. The summed E-state index contributed by atoms with van der Waals surface area (Å²) < 4.78 is 13.6. The Bertz CT molecular complexity index is 1230. The highest BCUT2D eigenvalue weighted by Crippen LogP contribution is 2.63. The number of aliphatic hydroxyl groups excluding tert-OH is 1. The monoisotopic (exact) mass is 511 g/mol. The molecule has 37 heavy (non-hydrogen) atoms. The molecule has 1 spiro atoms. The molecule has 3 aliphatic heterocycles. The molecule has 0 saturated carbocycles. The Labute approximate surface area is 215 Å². The van der Waals surface area contributed by atoms with Gasteiger partial charge in [-0.1, -0.05) is 23.4 Å². The van der Waals surface area contributed by atoms with Gasteiger partial charge in [0.2, 0.25) is 11.8 Å². The van der Waals surface area contributed by atoms with Gasteiger partial charge in [-0.15, -0.1) is 11.7 Å². The molecule has 0 aliphatic carbocycles. The number of esters is 1. The van der Waals surface area contributed by atoms with Crippen molar-refractivity contribution in [1.82, 2.24) is 24.8 Å². The molecular formula is C26H33N5O6. The van der Waals surface area contributed by atoms with Crippen molar-refractivity contribution in [2.24, 2.45) is 11.8 Å². The Morgan fingerprint density at radius 1 is 1.35 bits per heavy atom. The number of benzene rings is 1. The molecule has 11 heteroatoms. The van der Waals surface area contributed by atoms with E-state index in [1.807, 2.05) is 31.2 Å². The second kappa shape index (κ2) is 9.53. The Kier molecular flexibility index (Phi) is 6.53. The van der Waals surface area contributed by atoms with Crippen LogP contribution in [0.4, 0.5) is 0 Å². The second-order valence-corrected chi connectivity index (χ2v) is 10.2. The molecule has 3 aliphatic rings. The van der Waals surface area contributed by atoms with E-state index in [4.69, 9.17) is 9.47 Å². The number of aliphatic hydroxyl groups is 1. The molecule has 11 nitrogen and oxygen atoms in total. The Hall–Kier alpha value is -3.31. The molecule has 2 unspecified atom stereocenters. The summed E-state index contributed by atoms with van der Waals surface area (Å²) >= 11 is 0. The zero-order valence-corrected chi connectivity index (χ0v) is 21.2. The molecule has 0 radical (unpaired) electrons. The second-order valence-electron chi connectivity index (χ2n) is 10.2. The third-order valence-electron chi connectivity index (χ3n) is 7.99. The molecule has 2 bridgehead atoms. The minimum Gasteiger partial charge on any atom is -0.466 e. The predicted octanol–water partition coefficient (Wildman–Crippen LogP) is 1.11. The van der Waals surface area contributed by atoms with Crippen LogP contribution in [0, 0.1) is 11.8 Å². The maximum absolute atomic E-state index is 14.3. The zero-order valence-electron chi connectivity index (χ0n) is 21.2. The number of ether oxygens (including phenoxy) is 2. The number of likely N-dealkylation sites (tertiary alicyclic amines) is 1. The Morgan fingerprint density at radius 2 is 2.14 bits per heavy atom. The molecule has 1 aromatic heterocycles. The lowest BCUT2D eigenvalue weighted by Crippen LogP contribution is -2.56. The predicted molar refractivity (Wildman–Crippen MR) is 132 cm³/mol. The molecule has 2 amide bonds. The van der Waals surface area contributed by atoms with Gasteiger partial charge in [-0.3, -0.25) is 14.4 Å². The molecule has 1 N–H and O–H groups in total. The Balaban J connectivity index is 1.53. The molecular weight excluding hydrogens is 478 g/mol. The molecule has 3 saturated heterocycles. The van der Waals surface area contributed by atoms with Gasteiger partial charge < -0.3 is 24.4 Å². The number of fused-ring (bicyclic) bond motifs is 2. The number of carbonyl (C=O) groups excluding carboxylic acids is 3. The third-order valence-corrected chi connectivity index (χ3v) is 7.99. The van der Waals surface area contributed by atoms with Crippen molar-refractivity contribution in [2.45, 2.75) is 57.0 Å². The van der Waals surface area contributed by atoms with E-state index in [1.165, 1.54) is 4.90 Å². The minimum absolute atomic E-state index is 0.100. The van der Waals surface area contributed by atoms with Crippen LogP contribution >= 0.6 is 0 Å². The van der Waals surface area contributed by atoms with Gasteiger partial charge in [0.15, 0.2) is 0 Å². The van der Waals surface area contributed by atoms with Crippen LogP contribution < -0.4 is 0 Å². The number of nitrogens with zero attached hydrogens (tertiary/aromatic N) is 5. The largest absolute Gasteiger partial charge is 0.466 e. The van der Waals surface area contributed by atoms with Crippen LogP contribution in [0.5, 0.6) is 0 Å². The van der Waals surface area contributed by atoms with Crippen LogP contribution in [-0.2, 0) is 30.5 Å². The fraction of sp³-hybridized carbons (Fsp3) is 0.577. The highest BCUT2D eigenvalue weighted by molar-refractivity contribution is 5.98. The molecule has 1 aromatic carbocycles. The lowest BCUT2D eigenvalue weighted by molar-refractivity contribution is -0.160. The first-order chi connectivity index (χ1) is 17.8. The molecule has 5 atom stereocenters. The fourth-order valence-corrected chi connectivity index (χ4v) is 6.51. The SMILES string of the molecule is C=CCN(Cn1nnc2ccccc21)C(=O)C1N(CCCO)C(=O)[C@@H]2[C@H](C(=O)OCC)[C@]3(C)CCC12O3. The Morgan fingerprint density at radius 3 is 2.86 bits per heavy atom. The van der Waals surface area contributed by atoms with Crippen LogP contribution in [0.3, 0.4) is 0 Å². The average Bonchev–Trinajstić information content (AvgIpc) is 3.58. The average molecular weight is 512 g/mol. The summed E-state index contributed by atoms with van der Waals surface area (Å²) in [5.74, 6) is -2.72. The van der Waals surface area contributed by atoms with Gasteiger partial charge in [0, 0.05) is 19.7 Å². The summed E-state index contributed by atoms with van der Waals surface area (Å²) in [5, 5.41) is 17.9. The van der Waals surface area contributed by atoms with E-state index in [9.17, 15) is 19.5 Å². The van der Waals surface area contributed by atoms with Crippen LogP contribution in [0.2, 0.25) is 0 Å². The normalized spacial score (nSPS) is 30.1. The topological polar surface area (TPSA) is 127 Å². The standard InChI is InChI=1S/C26H33N5O6/c1-4-13-29(16-31-18-10-7-6-9-17(18)27-28-31)23(34)21-26-12-11-25(3,37-26)20(24(35)36-5-2)19(26)22(33)30(21)14-8-15-32/h4,6-7,9-10,19-21,32H,1,5,8,11-16H2,2-3H3/t19-,20+,21?,25-,26?/m0/s1. The number of hydrogen-bond acceptors (Lipinski definition) is 8. The fourth-order valence-electron chi connectivity index (χ4n) is 6.51. The van der Waals surface area contributed by atoms with Crippen molar-refractivity contribution in [2.75, 3.05) is 26.3 Å². The molecule has 2 aromatic rings. The zero-order chi connectivity index (χ0) is 26.4. The van der Waals surface area contributed by atoms with E-state index in [1.54, 1.807) is 22.6 Å². The van der Waals surface area contributed by atoms with E-state index in [0.29, 0.717) is 24.8 Å². The molecule has 3 fully saturated rings. The van der Waals surface area contributed by atoms with Gasteiger partial charge >= 0.3 is 5.97 Å². The van der Waals surface area contributed by atoms with E-state index in [-0.39, 0.29) is 44.8 Å². The van der Waals surface area contributed by atoms with Crippen molar-refractivity contribution in [1.29, 1.82) is 0 Å². The van der Waals surface area contributed by atoms with Gasteiger partial charge in [0.05, 0.1) is 23.6 Å². The number of rotatable bonds is 10. The first kappa shape index (κ1) is 25.3. The smallest absolute Gasteiger partial charge is 0.312 e. The minimum atomic E-state index is -1.15. The molecule has 5 rings (SSSR count). The maximum Gasteiger partial charge on any atom is 0.312 e. The number of aromatic nitrogens is 3. The van der Waals surface area contributed by atoms with Gasteiger partial charge in [-0.2, -0.15) is 0 Å². The summed E-state index contributed by atoms with van der Waals surface area (Å²) in [5.41, 5.74) is -0.567. The van der Waals surface area contributed by atoms with E-state index in [0.717, 1.165) is 5.52 Å². The number of para-hydroxylation sites is 1. The van der Waals surface area contributed by atoms with Crippen LogP contribution in [0.15, 0.2) is 36.9 Å². The first-order valence-corrected chi connectivity index (χ1v) is 12.8. The van der Waals surface area contributed by atoms with Crippen LogP contribution in [-0.4, -0.2) is 91.2 Å². The van der Waals surface area contributed by atoms with E-state index < -0.39 is 35.0 Å².